The summed E-state index contributed by atoms with van der Waals surface area (Å²) in [5, 5.41) is 10.5. The molecule has 0 aliphatic rings. The van der Waals surface area contributed by atoms with Crippen molar-refractivity contribution in [3.8, 4) is 0 Å². The number of hydrogen-bond acceptors (Lipinski definition) is 15. The molecule has 0 aliphatic heterocycles. The Labute approximate surface area is 516 Å². The van der Waals surface area contributed by atoms with Crippen LogP contribution in [0.3, 0.4) is 0 Å². The molecule has 19 heteroatoms. The Kier molecular flexibility index (Phi) is 56.3. The summed E-state index contributed by atoms with van der Waals surface area (Å²) >= 11 is 0. The van der Waals surface area contributed by atoms with Gasteiger partial charge in [0.1, 0.15) is 19.3 Å². The van der Waals surface area contributed by atoms with E-state index in [2.05, 4.69) is 65.8 Å². The van der Waals surface area contributed by atoms with Gasteiger partial charge in [-0.15, -0.1) is 0 Å². The second-order valence-electron chi connectivity index (χ2n) is 24.1. The molecule has 3 N–H and O–H groups in total. The highest BCUT2D eigenvalue weighted by molar-refractivity contribution is 7.47. The molecule has 0 spiro atoms. The molecule has 0 radical (unpaired) electrons. The van der Waals surface area contributed by atoms with Crippen molar-refractivity contribution in [3.63, 3.8) is 0 Å². The summed E-state index contributed by atoms with van der Waals surface area (Å²) in [6.07, 6.45) is 44.3. The highest BCUT2D eigenvalue weighted by atomic mass is 31.2. The maximum absolute atomic E-state index is 13.0. The van der Waals surface area contributed by atoms with E-state index >= 15 is 0 Å². The van der Waals surface area contributed by atoms with Crippen molar-refractivity contribution in [2.24, 2.45) is 11.8 Å². The highest BCUT2D eigenvalue weighted by Crippen LogP contribution is 2.45. The monoisotopic (exact) mass is 1250 g/mol. The second kappa shape index (κ2) is 57.9. The Balaban J connectivity index is 5.22. The van der Waals surface area contributed by atoms with Crippen molar-refractivity contribution in [2.75, 3.05) is 39.6 Å². The fraction of sp³-hybridized carbons (Fsp3) is 0.879. The lowest BCUT2D eigenvalue weighted by Gasteiger charge is -2.21. The zero-order valence-corrected chi connectivity index (χ0v) is 56.2. The van der Waals surface area contributed by atoms with Gasteiger partial charge >= 0.3 is 39.5 Å². The number of carbonyl (C=O) groups is 4. The van der Waals surface area contributed by atoms with Gasteiger partial charge in [-0.25, -0.2) is 9.13 Å². The first-order valence-electron chi connectivity index (χ1n) is 33.8. The lowest BCUT2D eigenvalue weighted by molar-refractivity contribution is -0.161. The smallest absolute Gasteiger partial charge is 0.462 e. The minimum atomic E-state index is -4.95. The third kappa shape index (κ3) is 60.2. The van der Waals surface area contributed by atoms with Gasteiger partial charge in [0, 0.05) is 25.7 Å². The maximum Gasteiger partial charge on any atom is 0.472 e. The van der Waals surface area contributed by atoms with E-state index in [-0.39, 0.29) is 25.7 Å². The molecule has 85 heavy (non-hydrogen) atoms. The van der Waals surface area contributed by atoms with Gasteiger partial charge < -0.3 is 33.8 Å². The molecule has 17 nitrogen and oxygen atoms in total. The topological polar surface area (TPSA) is 237 Å². The van der Waals surface area contributed by atoms with Gasteiger partial charge in [0.15, 0.2) is 12.2 Å². The summed E-state index contributed by atoms with van der Waals surface area (Å²) in [7, 11) is -9.90. The molecule has 2 unspecified atom stereocenters. The predicted molar refractivity (Wildman–Crippen MR) is 340 cm³/mol. The summed E-state index contributed by atoms with van der Waals surface area (Å²) in [6.45, 7) is 9.32. The average molecular weight is 1250 g/mol. The number of allylic oxidation sites excluding steroid dienone is 4. The van der Waals surface area contributed by atoms with Crippen LogP contribution in [-0.4, -0.2) is 96.7 Å². The zero-order valence-electron chi connectivity index (χ0n) is 54.4. The molecular weight excluding hydrogens is 1130 g/mol. The molecule has 0 fully saturated rings. The van der Waals surface area contributed by atoms with E-state index < -0.39 is 97.5 Å². The number of aliphatic hydroxyl groups excluding tert-OH is 1. The van der Waals surface area contributed by atoms with Crippen molar-refractivity contribution < 1.29 is 80.2 Å². The van der Waals surface area contributed by atoms with Crippen LogP contribution in [0, 0.1) is 11.8 Å². The molecule has 0 aromatic carbocycles. The summed E-state index contributed by atoms with van der Waals surface area (Å²) in [5.41, 5.74) is 0. The van der Waals surface area contributed by atoms with Crippen LogP contribution in [0.2, 0.25) is 0 Å². The summed E-state index contributed by atoms with van der Waals surface area (Å²) in [6, 6.07) is 0. The van der Waals surface area contributed by atoms with E-state index in [1.165, 1.54) is 103 Å². The third-order valence-corrected chi connectivity index (χ3v) is 16.5. The zero-order chi connectivity index (χ0) is 62.9. The summed E-state index contributed by atoms with van der Waals surface area (Å²) < 4.78 is 67.9. The van der Waals surface area contributed by atoms with E-state index in [1.54, 1.807) is 0 Å². The number of carbonyl (C=O) groups excluding carboxylic acids is 4. The SMILES string of the molecule is CCCCCC/C=C\C=C/CCCCCCCC(=O)O[C@H](COC(=O)CCCCCCCCCCCCC(C)C)COP(=O)(O)OC[C@@H](O)COP(=O)(O)OC[C@@H](COC(=O)CCCCCCC)OC(=O)CCCCCCCCCCCC(C)C. The average Bonchev–Trinajstić information content (AvgIpc) is 3.49. The Hall–Kier alpha value is -2.46. The molecule has 0 rings (SSSR count). The number of rotatable bonds is 63. The summed E-state index contributed by atoms with van der Waals surface area (Å²) in [5.74, 6) is -0.681. The Morgan fingerprint density at radius 2 is 0.635 bits per heavy atom. The van der Waals surface area contributed by atoms with E-state index in [0.29, 0.717) is 25.7 Å². The Morgan fingerprint density at radius 1 is 0.365 bits per heavy atom. The van der Waals surface area contributed by atoms with Gasteiger partial charge in [0.25, 0.3) is 0 Å². The van der Waals surface area contributed by atoms with Crippen LogP contribution in [0.15, 0.2) is 24.3 Å². The second-order valence-corrected chi connectivity index (χ2v) is 27.0. The number of unbranched alkanes of at least 4 members (excludes halogenated alkanes) is 30. The number of aliphatic hydroxyl groups is 1. The first-order valence-corrected chi connectivity index (χ1v) is 36.8. The molecule has 500 valence electrons. The van der Waals surface area contributed by atoms with Crippen LogP contribution in [0.25, 0.3) is 0 Å². The van der Waals surface area contributed by atoms with Crippen LogP contribution in [-0.2, 0) is 65.4 Å². The first kappa shape index (κ1) is 82.5. The Bertz CT molecular complexity index is 1760. The van der Waals surface area contributed by atoms with Crippen LogP contribution < -0.4 is 0 Å². The molecular formula is C66H124O17P2. The lowest BCUT2D eigenvalue weighted by Crippen LogP contribution is -2.30. The standard InChI is InChI=1S/C66H124O17P2/c1-7-9-11-13-14-15-16-17-18-19-20-27-32-38-44-50-65(70)83-62(55-77-64(69)49-43-37-31-26-22-21-24-29-35-40-46-58(3)4)57-81-85(74,75)79-53-60(67)52-78-84(72,73)80-56-61(54-76-63(68)48-42-34-12-10-8-2)82-66(71)51-45-39-33-28-23-25-30-36-41-47-59(5)6/h15-18,58-62,67H,7-14,19-57H2,1-6H3,(H,72,73)(H,74,75)/b16-15-,18-17-/t60-,61+,62+/m0/s1. The molecule has 0 amide bonds. The Morgan fingerprint density at radius 3 is 0.965 bits per heavy atom. The number of ether oxygens (including phenoxy) is 4. The molecule has 0 aliphatic carbocycles. The maximum atomic E-state index is 13.0. The molecule has 5 atom stereocenters. The molecule has 0 saturated carbocycles. The molecule has 0 aromatic heterocycles. The number of phosphoric ester groups is 2. The van der Waals surface area contributed by atoms with E-state index in [1.807, 2.05) is 0 Å². The van der Waals surface area contributed by atoms with Crippen LogP contribution in [0.1, 0.15) is 305 Å². The van der Waals surface area contributed by atoms with E-state index in [0.717, 1.165) is 121 Å². The molecule has 0 heterocycles. The van der Waals surface area contributed by atoms with Gasteiger partial charge in [-0.3, -0.25) is 37.3 Å². The van der Waals surface area contributed by atoms with Gasteiger partial charge in [-0.05, 0) is 63.2 Å². The van der Waals surface area contributed by atoms with Crippen LogP contribution in [0.5, 0.6) is 0 Å². The fourth-order valence-corrected chi connectivity index (χ4v) is 10.9. The van der Waals surface area contributed by atoms with Gasteiger partial charge in [0.05, 0.1) is 26.4 Å². The van der Waals surface area contributed by atoms with E-state index in [4.69, 9.17) is 37.0 Å². The van der Waals surface area contributed by atoms with Crippen molar-refractivity contribution in [2.45, 2.75) is 323 Å². The van der Waals surface area contributed by atoms with E-state index in [9.17, 15) is 43.2 Å². The normalized spacial score (nSPS) is 14.4. The highest BCUT2D eigenvalue weighted by Gasteiger charge is 2.30. The van der Waals surface area contributed by atoms with Crippen LogP contribution in [0.4, 0.5) is 0 Å². The minimum absolute atomic E-state index is 0.0844. The third-order valence-electron chi connectivity index (χ3n) is 14.6. The largest absolute Gasteiger partial charge is 0.472 e. The lowest BCUT2D eigenvalue weighted by atomic mass is 10.0. The van der Waals surface area contributed by atoms with Crippen molar-refractivity contribution in [1.82, 2.24) is 0 Å². The van der Waals surface area contributed by atoms with Crippen molar-refractivity contribution >= 4 is 39.5 Å². The molecule has 0 saturated heterocycles. The number of hydrogen-bond donors (Lipinski definition) is 3. The fourth-order valence-electron chi connectivity index (χ4n) is 9.34. The predicted octanol–water partition coefficient (Wildman–Crippen LogP) is 18.0. The van der Waals surface area contributed by atoms with Crippen LogP contribution >= 0.6 is 15.6 Å². The van der Waals surface area contributed by atoms with Gasteiger partial charge in [-0.2, -0.15) is 0 Å². The van der Waals surface area contributed by atoms with Gasteiger partial charge in [-0.1, -0.05) is 252 Å². The number of esters is 4. The quantitative estimate of drug-likeness (QED) is 0.0169. The van der Waals surface area contributed by atoms with Gasteiger partial charge in [0.2, 0.25) is 0 Å². The minimum Gasteiger partial charge on any atom is -0.462 e. The summed E-state index contributed by atoms with van der Waals surface area (Å²) in [4.78, 5) is 72.1. The molecule has 0 bridgehead atoms. The van der Waals surface area contributed by atoms with Crippen molar-refractivity contribution in [3.05, 3.63) is 24.3 Å². The van der Waals surface area contributed by atoms with Crippen molar-refractivity contribution in [1.29, 1.82) is 0 Å². The molecule has 0 aromatic rings. The number of phosphoric acid groups is 2. The first-order chi connectivity index (χ1) is 40.9.